The Morgan fingerprint density at radius 1 is 1.47 bits per heavy atom. The van der Waals surface area contributed by atoms with E-state index in [1.807, 2.05) is 35.3 Å². The van der Waals surface area contributed by atoms with Crippen LogP contribution in [0.5, 0.6) is 0 Å². The number of hydrogen-bond acceptors (Lipinski definition) is 3. The van der Waals surface area contributed by atoms with E-state index in [0.717, 1.165) is 6.54 Å². The summed E-state index contributed by atoms with van der Waals surface area (Å²) >= 11 is 7.68. The first-order chi connectivity index (χ1) is 8.29. The van der Waals surface area contributed by atoms with Crippen molar-refractivity contribution in [3.8, 4) is 0 Å². The Bertz CT molecular complexity index is 347. The van der Waals surface area contributed by atoms with Gasteiger partial charge in [-0.25, -0.2) is 8.15 Å². The van der Waals surface area contributed by atoms with Crippen molar-refractivity contribution in [2.75, 3.05) is 6.54 Å². The maximum absolute atomic E-state index is 5.81. The Morgan fingerprint density at radius 2 is 2.35 bits per heavy atom. The van der Waals surface area contributed by atoms with Gasteiger partial charge < -0.3 is 0 Å². The molecule has 0 amide bonds. The smallest absolute Gasteiger partial charge is 0.136 e. The summed E-state index contributed by atoms with van der Waals surface area (Å²) < 4.78 is 4.89. The summed E-state index contributed by atoms with van der Waals surface area (Å²) in [4.78, 5) is 4.17. The molecule has 0 saturated heterocycles. The number of hydrogen-bond donors (Lipinski definition) is 1. The van der Waals surface area contributed by atoms with Crippen LogP contribution in [0.1, 0.15) is 37.2 Å². The van der Waals surface area contributed by atoms with E-state index >= 15 is 0 Å². The molecule has 0 aliphatic heterocycles. The molecular formula is C12H16ClIN2O. The summed E-state index contributed by atoms with van der Waals surface area (Å²) in [6, 6.07) is 3.98. The lowest BCUT2D eigenvalue weighted by Gasteiger charge is -2.29. The minimum atomic E-state index is 0.570. The van der Waals surface area contributed by atoms with Gasteiger partial charge in [-0.05, 0) is 42.7 Å². The van der Waals surface area contributed by atoms with Crippen molar-refractivity contribution in [1.29, 1.82) is 0 Å². The topological polar surface area (TPSA) is 34.1 Å². The van der Waals surface area contributed by atoms with E-state index in [4.69, 9.17) is 14.8 Å². The summed E-state index contributed by atoms with van der Waals surface area (Å²) in [5.74, 6) is 1.31. The number of pyridine rings is 1. The summed E-state index contributed by atoms with van der Waals surface area (Å²) in [5, 5.41) is 0.570. The minimum Gasteiger partial charge on any atom is -0.244 e. The third kappa shape index (κ3) is 4.05. The minimum absolute atomic E-state index is 0.570. The fourth-order valence-electron chi connectivity index (χ4n) is 2.56. The molecule has 2 rings (SSSR count). The third-order valence-electron chi connectivity index (χ3n) is 3.43. The van der Waals surface area contributed by atoms with E-state index in [-0.39, 0.29) is 0 Å². The van der Waals surface area contributed by atoms with Crippen LogP contribution in [-0.2, 0) is 3.17 Å². The molecule has 0 bridgehead atoms. The van der Waals surface area contributed by atoms with Crippen LogP contribution >= 0.6 is 34.6 Å². The summed E-state index contributed by atoms with van der Waals surface area (Å²) in [7, 11) is 0. The number of nitrogens with zero attached hydrogens (tertiary/aromatic N) is 1. The Morgan fingerprint density at radius 3 is 3.06 bits per heavy atom. The van der Waals surface area contributed by atoms with E-state index in [0.29, 0.717) is 17.0 Å². The molecule has 1 saturated carbocycles. The van der Waals surface area contributed by atoms with Gasteiger partial charge in [0.2, 0.25) is 0 Å². The second-order valence-electron chi connectivity index (χ2n) is 4.57. The van der Waals surface area contributed by atoms with Gasteiger partial charge in [-0.1, -0.05) is 24.1 Å². The highest BCUT2D eigenvalue weighted by Crippen LogP contribution is 2.35. The monoisotopic (exact) mass is 366 g/mol. The molecule has 1 aromatic rings. The molecule has 1 aliphatic carbocycles. The van der Waals surface area contributed by atoms with Gasteiger partial charge in [-0.15, -0.1) is 0 Å². The Hall–Kier alpha value is 0.0900. The maximum atomic E-state index is 5.81. The summed E-state index contributed by atoms with van der Waals surface area (Å²) in [6.45, 7) is 0.931. The lowest BCUT2D eigenvalue weighted by Crippen LogP contribution is -2.25. The van der Waals surface area contributed by atoms with Crippen LogP contribution in [0.4, 0.5) is 0 Å². The van der Waals surface area contributed by atoms with Gasteiger partial charge in [0.05, 0.1) is 0 Å². The number of halogens is 2. The Kier molecular flexibility index (Phi) is 5.47. The zero-order valence-corrected chi connectivity index (χ0v) is 12.4. The van der Waals surface area contributed by atoms with E-state index in [9.17, 15) is 0 Å². The zero-order chi connectivity index (χ0) is 12.1. The van der Waals surface area contributed by atoms with Gasteiger partial charge in [0.25, 0.3) is 0 Å². The van der Waals surface area contributed by atoms with E-state index < -0.39 is 0 Å². The standard InChI is InChI=1S/C12H16ClIN2O/c13-12-5-4-11(8-15-12)10-3-1-2-9(6-10)7-16-17-14/h4-5,8-10,16H,1-3,6-7H2/t9?,10-/m1/s1. The van der Waals surface area contributed by atoms with Gasteiger partial charge in [-0.2, -0.15) is 5.48 Å². The molecule has 0 radical (unpaired) electrons. The first-order valence-electron chi connectivity index (χ1n) is 5.91. The number of aromatic nitrogens is 1. The van der Waals surface area contributed by atoms with Gasteiger partial charge >= 0.3 is 0 Å². The van der Waals surface area contributed by atoms with Crippen LogP contribution in [-0.4, -0.2) is 11.5 Å². The highest BCUT2D eigenvalue weighted by molar-refractivity contribution is 14.1. The van der Waals surface area contributed by atoms with Crippen LogP contribution in [0.25, 0.3) is 0 Å². The van der Waals surface area contributed by atoms with Crippen LogP contribution in [0, 0.1) is 5.92 Å². The molecule has 1 aliphatic rings. The van der Waals surface area contributed by atoms with Crippen LogP contribution in [0.2, 0.25) is 5.15 Å². The van der Waals surface area contributed by atoms with Gasteiger partial charge in [0.1, 0.15) is 28.2 Å². The molecule has 1 heterocycles. The van der Waals surface area contributed by atoms with Crippen molar-refractivity contribution in [2.24, 2.45) is 5.92 Å². The quantitative estimate of drug-likeness (QED) is 0.499. The van der Waals surface area contributed by atoms with E-state index in [1.165, 1.54) is 31.2 Å². The third-order valence-corrected chi connectivity index (χ3v) is 3.97. The average molecular weight is 367 g/mol. The highest BCUT2D eigenvalue weighted by Gasteiger charge is 2.23. The molecule has 0 spiro atoms. The van der Waals surface area contributed by atoms with Crippen molar-refractivity contribution in [2.45, 2.75) is 31.6 Å². The Labute approximate surface area is 121 Å². The molecule has 1 fully saturated rings. The number of rotatable bonds is 4. The molecule has 17 heavy (non-hydrogen) atoms. The molecule has 1 N–H and O–H groups in total. The largest absolute Gasteiger partial charge is 0.244 e. The highest BCUT2D eigenvalue weighted by atomic mass is 127. The van der Waals surface area contributed by atoms with Crippen LogP contribution in [0.3, 0.4) is 0 Å². The molecule has 94 valence electrons. The molecule has 5 heteroatoms. The Balaban J connectivity index is 1.94. The second-order valence-corrected chi connectivity index (χ2v) is 5.40. The fraction of sp³-hybridized carbons (Fsp3) is 0.583. The first-order valence-corrected chi connectivity index (χ1v) is 7.17. The van der Waals surface area contributed by atoms with Crippen molar-refractivity contribution in [3.63, 3.8) is 0 Å². The summed E-state index contributed by atoms with van der Waals surface area (Å²) in [6.07, 6.45) is 6.93. The molecule has 1 aromatic heterocycles. The fourth-order valence-corrected chi connectivity index (χ4v) is 2.85. The van der Waals surface area contributed by atoms with Crippen molar-refractivity contribution in [3.05, 3.63) is 29.0 Å². The predicted octanol–water partition coefficient (Wildman–Crippen LogP) is 3.88. The number of nitrogens with one attached hydrogen (secondary N) is 1. The average Bonchev–Trinajstić information content (AvgIpc) is 2.37. The predicted molar refractivity (Wildman–Crippen MR) is 77.1 cm³/mol. The zero-order valence-electron chi connectivity index (χ0n) is 9.53. The van der Waals surface area contributed by atoms with Gasteiger partial charge in [0.15, 0.2) is 0 Å². The lowest BCUT2D eigenvalue weighted by atomic mass is 9.78. The van der Waals surface area contributed by atoms with Crippen molar-refractivity contribution < 1.29 is 3.17 Å². The molecule has 2 atom stereocenters. The normalized spacial score (nSPS) is 24.8. The molecule has 0 aromatic carbocycles. The van der Waals surface area contributed by atoms with Crippen molar-refractivity contribution in [1.82, 2.24) is 10.5 Å². The van der Waals surface area contributed by atoms with Gasteiger partial charge in [-0.3, -0.25) is 0 Å². The van der Waals surface area contributed by atoms with Crippen LogP contribution < -0.4 is 5.48 Å². The second kappa shape index (κ2) is 6.87. The van der Waals surface area contributed by atoms with Crippen LogP contribution in [0.15, 0.2) is 18.3 Å². The molecule has 1 unspecified atom stereocenters. The SMILES string of the molecule is Clc1ccc([C@@H]2CCCC(CNOI)C2)cn1. The maximum Gasteiger partial charge on any atom is 0.136 e. The van der Waals surface area contributed by atoms with Crippen molar-refractivity contribution >= 4 is 34.6 Å². The number of hydroxylamine groups is 1. The summed E-state index contributed by atoms with van der Waals surface area (Å²) in [5.41, 5.74) is 4.26. The van der Waals surface area contributed by atoms with E-state index in [1.54, 1.807) is 0 Å². The lowest BCUT2D eigenvalue weighted by molar-refractivity contribution is 0.214. The molecular weight excluding hydrogens is 351 g/mol. The molecule has 3 nitrogen and oxygen atoms in total. The van der Waals surface area contributed by atoms with E-state index in [2.05, 4.69) is 16.5 Å². The first kappa shape index (κ1) is 13.5. The van der Waals surface area contributed by atoms with Gasteiger partial charge in [0, 0.05) is 12.7 Å².